The Morgan fingerprint density at radius 2 is 2.23 bits per heavy atom. The van der Waals surface area contributed by atoms with Crippen LogP contribution in [0.5, 0.6) is 0 Å². The molecule has 8 nitrogen and oxygen atoms in total. The van der Waals surface area contributed by atoms with Crippen LogP contribution in [0.1, 0.15) is 41.2 Å². The number of nitrogens with one attached hydrogen (secondary N) is 1. The Balaban J connectivity index is 1.59. The first-order valence-electron chi connectivity index (χ1n) is 7.38. The first kappa shape index (κ1) is 13.3. The third-order valence-corrected chi connectivity index (χ3v) is 3.83. The van der Waals surface area contributed by atoms with E-state index in [1.165, 1.54) is 0 Å². The molecule has 22 heavy (non-hydrogen) atoms. The maximum atomic E-state index is 5.37. The molecule has 0 radical (unpaired) electrons. The van der Waals surface area contributed by atoms with Crippen molar-refractivity contribution in [2.45, 2.75) is 32.6 Å². The van der Waals surface area contributed by atoms with Crippen LogP contribution in [0.2, 0.25) is 0 Å². The van der Waals surface area contributed by atoms with Gasteiger partial charge in [-0.2, -0.15) is 10.1 Å². The van der Waals surface area contributed by atoms with E-state index in [1.54, 1.807) is 4.52 Å². The summed E-state index contributed by atoms with van der Waals surface area (Å²) in [6, 6.07) is 1.98. The van der Waals surface area contributed by atoms with Gasteiger partial charge < -0.3 is 4.74 Å². The lowest BCUT2D eigenvalue weighted by molar-refractivity contribution is 0.193. The van der Waals surface area contributed by atoms with Gasteiger partial charge in [-0.25, -0.2) is 14.5 Å². The van der Waals surface area contributed by atoms with Gasteiger partial charge in [0.25, 0.3) is 5.78 Å². The molecule has 1 atom stereocenters. The quantitative estimate of drug-likeness (QED) is 0.774. The number of aryl methyl sites for hydroxylation is 2. The smallest absolute Gasteiger partial charge is 0.252 e. The molecule has 0 amide bonds. The molecule has 0 spiro atoms. The van der Waals surface area contributed by atoms with Gasteiger partial charge in [0, 0.05) is 23.9 Å². The van der Waals surface area contributed by atoms with Crippen LogP contribution in [0.4, 0.5) is 0 Å². The van der Waals surface area contributed by atoms with Gasteiger partial charge in [0.05, 0.1) is 13.0 Å². The zero-order valence-corrected chi connectivity index (χ0v) is 12.6. The van der Waals surface area contributed by atoms with E-state index in [0.29, 0.717) is 30.5 Å². The molecule has 0 bridgehead atoms. The van der Waals surface area contributed by atoms with Gasteiger partial charge in [0.1, 0.15) is 5.82 Å². The van der Waals surface area contributed by atoms with Crippen molar-refractivity contribution in [2.24, 2.45) is 0 Å². The summed E-state index contributed by atoms with van der Waals surface area (Å²) in [6.45, 7) is 5.43. The summed E-state index contributed by atoms with van der Waals surface area (Å²) in [5.74, 6) is 3.20. The Hall–Kier alpha value is -2.35. The second kappa shape index (κ2) is 5.13. The van der Waals surface area contributed by atoms with E-state index in [9.17, 15) is 0 Å². The largest absolute Gasteiger partial charge is 0.381 e. The highest BCUT2D eigenvalue weighted by molar-refractivity contribution is 5.31. The zero-order valence-electron chi connectivity index (χ0n) is 12.6. The molecule has 0 saturated carbocycles. The average Bonchev–Trinajstić information content (AvgIpc) is 3.17. The average molecular weight is 299 g/mol. The SMILES string of the molecule is Cc1cc(C)n2nc(Cc3nc(C4CCOC4)n[nH]3)nc2n1. The van der Waals surface area contributed by atoms with Crippen molar-refractivity contribution in [1.82, 2.24) is 34.8 Å². The van der Waals surface area contributed by atoms with Gasteiger partial charge >= 0.3 is 0 Å². The predicted octanol–water partition coefficient (Wildman–Crippen LogP) is 0.954. The molecule has 4 rings (SSSR count). The highest BCUT2D eigenvalue weighted by atomic mass is 16.5. The van der Waals surface area contributed by atoms with Crippen LogP contribution >= 0.6 is 0 Å². The Morgan fingerprint density at radius 3 is 3.05 bits per heavy atom. The molecule has 1 saturated heterocycles. The minimum Gasteiger partial charge on any atom is -0.381 e. The fraction of sp³-hybridized carbons (Fsp3) is 0.500. The number of rotatable bonds is 3. The Bertz CT molecular complexity index is 816. The molecule has 4 heterocycles. The first-order chi connectivity index (χ1) is 10.7. The third kappa shape index (κ3) is 2.35. The number of nitrogens with zero attached hydrogens (tertiary/aromatic N) is 6. The normalized spacial score (nSPS) is 18.4. The Kier molecular flexibility index (Phi) is 3.11. The van der Waals surface area contributed by atoms with E-state index in [-0.39, 0.29) is 0 Å². The van der Waals surface area contributed by atoms with E-state index in [0.717, 1.165) is 36.1 Å². The summed E-state index contributed by atoms with van der Waals surface area (Å²) >= 11 is 0. The summed E-state index contributed by atoms with van der Waals surface area (Å²) in [5.41, 5.74) is 1.95. The van der Waals surface area contributed by atoms with Crippen molar-refractivity contribution >= 4 is 5.78 Å². The van der Waals surface area contributed by atoms with Crippen molar-refractivity contribution in [3.8, 4) is 0 Å². The van der Waals surface area contributed by atoms with Gasteiger partial charge in [-0.15, -0.1) is 5.10 Å². The Morgan fingerprint density at radius 1 is 1.32 bits per heavy atom. The molecule has 0 aromatic carbocycles. The summed E-state index contributed by atoms with van der Waals surface area (Å²) in [7, 11) is 0. The molecule has 8 heteroatoms. The van der Waals surface area contributed by atoms with Crippen molar-refractivity contribution in [3.05, 3.63) is 34.9 Å². The molecule has 1 aliphatic heterocycles. The molecule has 1 fully saturated rings. The van der Waals surface area contributed by atoms with Gasteiger partial charge in [0.15, 0.2) is 11.6 Å². The van der Waals surface area contributed by atoms with Crippen LogP contribution in [0.25, 0.3) is 5.78 Å². The summed E-state index contributed by atoms with van der Waals surface area (Å²) < 4.78 is 7.13. The number of aromatic amines is 1. The minimum atomic E-state index is 0.297. The van der Waals surface area contributed by atoms with E-state index >= 15 is 0 Å². The first-order valence-corrected chi connectivity index (χ1v) is 7.38. The number of fused-ring (bicyclic) bond motifs is 1. The van der Waals surface area contributed by atoms with Crippen LogP contribution in [0.3, 0.4) is 0 Å². The molecule has 1 N–H and O–H groups in total. The topological polar surface area (TPSA) is 93.9 Å². The monoisotopic (exact) mass is 299 g/mol. The van der Waals surface area contributed by atoms with E-state index in [4.69, 9.17) is 4.74 Å². The maximum absolute atomic E-state index is 5.37. The van der Waals surface area contributed by atoms with Crippen molar-refractivity contribution in [3.63, 3.8) is 0 Å². The van der Waals surface area contributed by atoms with E-state index in [1.807, 2.05) is 19.9 Å². The molecule has 1 unspecified atom stereocenters. The number of aromatic nitrogens is 7. The number of hydrogen-bond acceptors (Lipinski definition) is 6. The van der Waals surface area contributed by atoms with Gasteiger partial charge in [-0.3, -0.25) is 5.10 Å². The fourth-order valence-electron chi connectivity index (χ4n) is 2.74. The van der Waals surface area contributed by atoms with E-state index in [2.05, 4.69) is 30.2 Å². The second-order valence-electron chi connectivity index (χ2n) is 5.66. The van der Waals surface area contributed by atoms with Crippen LogP contribution in [-0.2, 0) is 11.2 Å². The number of hydrogen-bond donors (Lipinski definition) is 1. The van der Waals surface area contributed by atoms with Crippen LogP contribution in [0, 0.1) is 13.8 Å². The number of ether oxygens (including phenoxy) is 1. The third-order valence-electron chi connectivity index (χ3n) is 3.83. The lowest BCUT2D eigenvalue weighted by Gasteiger charge is -1.98. The fourth-order valence-corrected chi connectivity index (χ4v) is 2.74. The van der Waals surface area contributed by atoms with Gasteiger partial charge in [-0.05, 0) is 26.3 Å². The molecule has 3 aromatic heterocycles. The standard InChI is InChI=1S/C14H17N7O/c1-8-5-9(2)21-14(15-8)17-12(20-21)6-11-16-13(19-18-11)10-3-4-22-7-10/h5,10H,3-4,6-7H2,1-2H3,(H,16,18,19). The van der Waals surface area contributed by atoms with Crippen molar-refractivity contribution < 1.29 is 4.74 Å². The maximum Gasteiger partial charge on any atom is 0.252 e. The lowest BCUT2D eigenvalue weighted by Crippen LogP contribution is -2.00. The molecular formula is C14H17N7O. The Labute approximate surface area is 127 Å². The molecule has 114 valence electrons. The highest BCUT2D eigenvalue weighted by Crippen LogP contribution is 2.22. The second-order valence-corrected chi connectivity index (χ2v) is 5.66. The van der Waals surface area contributed by atoms with E-state index < -0.39 is 0 Å². The zero-order chi connectivity index (χ0) is 15.1. The van der Waals surface area contributed by atoms with Crippen LogP contribution in [-0.4, -0.2) is 48.0 Å². The molecule has 1 aliphatic rings. The number of H-pyrrole nitrogens is 1. The summed E-state index contributed by atoms with van der Waals surface area (Å²) in [6.07, 6.45) is 1.49. The van der Waals surface area contributed by atoms with Crippen molar-refractivity contribution in [2.75, 3.05) is 13.2 Å². The molecule has 0 aliphatic carbocycles. The van der Waals surface area contributed by atoms with Crippen LogP contribution in [0.15, 0.2) is 6.07 Å². The predicted molar refractivity (Wildman–Crippen MR) is 77.6 cm³/mol. The summed E-state index contributed by atoms with van der Waals surface area (Å²) in [4.78, 5) is 13.4. The highest BCUT2D eigenvalue weighted by Gasteiger charge is 2.22. The molecular weight excluding hydrogens is 282 g/mol. The van der Waals surface area contributed by atoms with Gasteiger partial charge in [0.2, 0.25) is 0 Å². The minimum absolute atomic E-state index is 0.297. The lowest BCUT2D eigenvalue weighted by atomic mass is 10.1. The van der Waals surface area contributed by atoms with Gasteiger partial charge in [-0.1, -0.05) is 0 Å². The summed E-state index contributed by atoms with van der Waals surface area (Å²) in [5, 5.41) is 11.7. The molecule has 3 aromatic rings. The van der Waals surface area contributed by atoms with Crippen LogP contribution < -0.4 is 0 Å². The van der Waals surface area contributed by atoms with Crippen molar-refractivity contribution in [1.29, 1.82) is 0 Å².